The van der Waals surface area contributed by atoms with E-state index in [2.05, 4.69) is 34.8 Å². The lowest BCUT2D eigenvalue weighted by molar-refractivity contribution is 0.0955. The third-order valence-corrected chi connectivity index (χ3v) is 5.63. The average Bonchev–Trinajstić information content (AvgIpc) is 2.83. The summed E-state index contributed by atoms with van der Waals surface area (Å²) in [5, 5.41) is 7.06. The van der Waals surface area contributed by atoms with Gasteiger partial charge in [0.25, 0.3) is 5.91 Å². The van der Waals surface area contributed by atoms with Crippen molar-refractivity contribution in [3.05, 3.63) is 106 Å². The van der Waals surface area contributed by atoms with Gasteiger partial charge in [0, 0.05) is 5.02 Å². The smallest absolute Gasteiger partial charge is 0.272 e. The molecule has 0 heterocycles. The maximum Gasteiger partial charge on any atom is 0.272 e. The van der Waals surface area contributed by atoms with Crippen LogP contribution in [0.5, 0.6) is 11.5 Å². The minimum Gasteiger partial charge on any atom is -0.490 e. The summed E-state index contributed by atoms with van der Waals surface area (Å²) >= 11 is 11.9. The number of benzene rings is 4. The zero-order chi connectivity index (χ0) is 23.9. The van der Waals surface area contributed by atoms with Gasteiger partial charge in [-0.2, -0.15) is 5.10 Å². The lowest BCUT2D eigenvalue weighted by Gasteiger charge is -2.13. The summed E-state index contributed by atoms with van der Waals surface area (Å²) in [4.78, 5) is 12.3. The number of carbonyl (C=O) groups is 1. The predicted octanol–water partition coefficient (Wildman–Crippen LogP) is 6.89. The summed E-state index contributed by atoms with van der Waals surface area (Å²) in [7, 11) is 0. The molecule has 0 fully saturated rings. The van der Waals surface area contributed by atoms with Crippen molar-refractivity contribution in [3.8, 4) is 11.5 Å². The number of nitrogens with zero attached hydrogens (tertiary/aromatic N) is 1. The van der Waals surface area contributed by atoms with Crippen LogP contribution < -0.4 is 14.9 Å². The fraction of sp³-hybridized carbons (Fsp3) is 0.111. The number of rotatable bonds is 8. The normalized spacial score (nSPS) is 11.0. The highest BCUT2D eigenvalue weighted by atomic mass is 35.5. The van der Waals surface area contributed by atoms with Gasteiger partial charge in [0.2, 0.25) is 0 Å². The van der Waals surface area contributed by atoms with Gasteiger partial charge in [-0.25, -0.2) is 5.43 Å². The van der Waals surface area contributed by atoms with E-state index in [4.69, 9.17) is 32.7 Å². The maximum absolute atomic E-state index is 12.3. The Morgan fingerprint density at radius 3 is 2.59 bits per heavy atom. The van der Waals surface area contributed by atoms with Gasteiger partial charge >= 0.3 is 0 Å². The summed E-state index contributed by atoms with van der Waals surface area (Å²) < 4.78 is 11.9. The Morgan fingerprint density at radius 1 is 0.941 bits per heavy atom. The molecule has 172 valence electrons. The van der Waals surface area contributed by atoms with Crippen LogP contribution in [0.2, 0.25) is 10.0 Å². The Kier molecular flexibility index (Phi) is 7.68. The highest BCUT2D eigenvalue weighted by Crippen LogP contribution is 2.30. The molecule has 7 heteroatoms. The van der Waals surface area contributed by atoms with E-state index in [1.807, 2.05) is 43.3 Å². The summed E-state index contributed by atoms with van der Waals surface area (Å²) in [6.45, 7) is 2.80. The summed E-state index contributed by atoms with van der Waals surface area (Å²) in [6, 6.07) is 24.5. The Balaban J connectivity index is 1.46. The lowest BCUT2D eigenvalue weighted by atomic mass is 10.1. The Labute approximate surface area is 207 Å². The summed E-state index contributed by atoms with van der Waals surface area (Å²) in [6.07, 6.45) is 1.53. The predicted molar refractivity (Wildman–Crippen MR) is 137 cm³/mol. The molecule has 1 N–H and O–H groups in total. The Bertz CT molecular complexity index is 1350. The summed E-state index contributed by atoms with van der Waals surface area (Å²) in [5.41, 5.74) is 4.59. The molecule has 0 atom stereocenters. The third kappa shape index (κ3) is 5.68. The fourth-order valence-corrected chi connectivity index (χ4v) is 3.96. The van der Waals surface area contributed by atoms with E-state index in [0.29, 0.717) is 29.7 Å². The fourth-order valence-electron chi connectivity index (χ4n) is 3.47. The van der Waals surface area contributed by atoms with Gasteiger partial charge in [0.15, 0.2) is 11.5 Å². The number of carbonyl (C=O) groups excluding carboxylic acids is 1. The number of nitrogens with one attached hydrogen (secondary N) is 1. The van der Waals surface area contributed by atoms with Crippen LogP contribution in [0.15, 0.2) is 84.0 Å². The molecule has 0 unspecified atom stereocenters. The first-order valence-corrected chi connectivity index (χ1v) is 11.5. The molecule has 4 rings (SSSR count). The van der Waals surface area contributed by atoms with Crippen molar-refractivity contribution < 1.29 is 14.3 Å². The van der Waals surface area contributed by atoms with E-state index < -0.39 is 5.91 Å². The van der Waals surface area contributed by atoms with Crippen molar-refractivity contribution >= 4 is 46.1 Å². The van der Waals surface area contributed by atoms with E-state index in [-0.39, 0.29) is 10.6 Å². The summed E-state index contributed by atoms with van der Waals surface area (Å²) in [5.74, 6) is 0.792. The van der Waals surface area contributed by atoms with E-state index in [1.165, 1.54) is 17.7 Å². The third-order valence-electron chi connectivity index (χ3n) is 5.09. The SMILES string of the molecule is CCOc1cc(/C=N/NC(=O)c2ccc(Cl)cc2Cl)ccc1OCc1cccc2ccccc12. The van der Waals surface area contributed by atoms with Gasteiger partial charge in [-0.05, 0) is 65.2 Å². The topological polar surface area (TPSA) is 59.9 Å². The van der Waals surface area contributed by atoms with E-state index >= 15 is 0 Å². The number of hydrogen-bond donors (Lipinski definition) is 1. The standard InChI is InChI=1S/C27H22Cl2N2O3/c1-2-33-26-14-18(16-30-31-27(32)23-12-11-21(28)15-24(23)29)10-13-25(26)34-17-20-8-5-7-19-6-3-4-9-22(19)20/h3-16H,2,17H2,1H3,(H,31,32)/b30-16+. The van der Waals surface area contributed by atoms with Crippen LogP contribution in [0.25, 0.3) is 10.8 Å². The highest BCUT2D eigenvalue weighted by Gasteiger charge is 2.11. The molecule has 0 aliphatic heterocycles. The molecular weight excluding hydrogens is 471 g/mol. The van der Waals surface area contributed by atoms with Crippen LogP contribution in [0.3, 0.4) is 0 Å². The first-order valence-electron chi connectivity index (χ1n) is 10.7. The van der Waals surface area contributed by atoms with E-state index in [1.54, 1.807) is 12.1 Å². The molecule has 0 bridgehead atoms. The molecule has 34 heavy (non-hydrogen) atoms. The second-order valence-corrected chi connectivity index (χ2v) is 8.23. The molecule has 4 aromatic rings. The lowest BCUT2D eigenvalue weighted by Crippen LogP contribution is -2.18. The van der Waals surface area contributed by atoms with Crippen molar-refractivity contribution in [2.24, 2.45) is 5.10 Å². The molecule has 0 saturated carbocycles. The molecule has 0 radical (unpaired) electrons. The molecular formula is C27H22Cl2N2O3. The quantitative estimate of drug-likeness (QED) is 0.215. The van der Waals surface area contributed by atoms with Gasteiger partial charge in [-0.15, -0.1) is 0 Å². The minimum absolute atomic E-state index is 0.256. The highest BCUT2D eigenvalue weighted by molar-refractivity contribution is 6.36. The second kappa shape index (κ2) is 11.1. The molecule has 5 nitrogen and oxygen atoms in total. The molecule has 1 amide bonds. The van der Waals surface area contributed by atoms with Gasteiger partial charge in [-0.1, -0.05) is 65.7 Å². The largest absolute Gasteiger partial charge is 0.490 e. The Hall–Kier alpha value is -3.54. The van der Waals surface area contributed by atoms with E-state index in [9.17, 15) is 4.79 Å². The first-order chi connectivity index (χ1) is 16.5. The minimum atomic E-state index is -0.432. The van der Waals surface area contributed by atoms with Crippen molar-refractivity contribution in [2.45, 2.75) is 13.5 Å². The zero-order valence-electron chi connectivity index (χ0n) is 18.4. The van der Waals surface area contributed by atoms with Crippen LogP contribution in [0, 0.1) is 0 Å². The van der Waals surface area contributed by atoms with Crippen molar-refractivity contribution in [1.29, 1.82) is 0 Å². The number of halogens is 2. The number of ether oxygens (including phenoxy) is 2. The molecule has 0 aliphatic rings. The number of hydrogen-bond acceptors (Lipinski definition) is 4. The molecule has 0 aromatic heterocycles. The van der Waals surface area contributed by atoms with Crippen LogP contribution in [0.1, 0.15) is 28.4 Å². The number of amides is 1. The number of hydrazone groups is 1. The van der Waals surface area contributed by atoms with Crippen LogP contribution in [-0.2, 0) is 6.61 Å². The van der Waals surface area contributed by atoms with Gasteiger partial charge < -0.3 is 9.47 Å². The van der Waals surface area contributed by atoms with Crippen molar-refractivity contribution in [2.75, 3.05) is 6.61 Å². The maximum atomic E-state index is 12.3. The van der Waals surface area contributed by atoms with Gasteiger partial charge in [-0.3, -0.25) is 4.79 Å². The van der Waals surface area contributed by atoms with Crippen molar-refractivity contribution in [3.63, 3.8) is 0 Å². The molecule has 4 aromatic carbocycles. The average molecular weight is 493 g/mol. The van der Waals surface area contributed by atoms with Crippen molar-refractivity contribution in [1.82, 2.24) is 5.43 Å². The van der Waals surface area contributed by atoms with Gasteiger partial charge in [0.05, 0.1) is 23.4 Å². The monoisotopic (exact) mass is 492 g/mol. The number of fused-ring (bicyclic) bond motifs is 1. The van der Waals surface area contributed by atoms with Crippen LogP contribution in [-0.4, -0.2) is 18.7 Å². The molecule has 0 spiro atoms. The van der Waals surface area contributed by atoms with Crippen LogP contribution in [0.4, 0.5) is 0 Å². The zero-order valence-corrected chi connectivity index (χ0v) is 19.9. The second-order valence-electron chi connectivity index (χ2n) is 7.39. The van der Waals surface area contributed by atoms with Gasteiger partial charge in [0.1, 0.15) is 6.61 Å². The Morgan fingerprint density at radius 2 is 1.76 bits per heavy atom. The molecule has 0 saturated heterocycles. The first kappa shape index (κ1) is 23.6. The van der Waals surface area contributed by atoms with E-state index in [0.717, 1.165) is 16.5 Å². The molecule has 0 aliphatic carbocycles. The van der Waals surface area contributed by atoms with Crippen LogP contribution >= 0.6 is 23.2 Å².